The molecular weight excluding hydrogens is 274 g/mol. The van der Waals surface area contributed by atoms with Crippen molar-refractivity contribution in [2.45, 2.75) is 50.0 Å². The van der Waals surface area contributed by atoms with Crippen molar-refractivity contribution in [2.24, 2.45) is 5.92 Å². The zero-order valence-electron chi connectivity index (χ0n) is 13.6. The predicted octanol–water partition coefficient (Wildman–Crippen LogP) is 2.75. The number of aliphatic hydroxyl groups excluding tert-OH is 1. The number of nitrogens with zero attached hydrogens (tertiary/aromatic N) is 1. The molecule has 3 atom stereocenters. The molecule has 3 heteroatoms. The number of likely N-dealkylation sites (tertiary alicyclic amines) is 1. The molecule has 0 unspecified atom stereocenters. The first-order valence-corrected chi connectivity index (χ1v) is 8.81. The van der Waals surface area contributed by atoms with Crippen molar-refractivity contribution < 1.29 is 9.84 Å². The van der Waals surface area contributed by atoms with E-state index in [2.05, 4.69) is 23.1 Å². The quantitative estimate of drug-likeness (QED) is 0.932. The topological polar surface area (TPSA) is 32.7 Å². The van der Waals surface area contributed by atoms with Crippen molar-refractivity contribution in [1.82, 2.24) is 4.90 Å². The second-order valence-corrected chi connectivity index (χ2v) is 7.31. The molecule has 0 amide bonds. The van der Waals surface area contributed by atoms with Gasteiger partial charge in [-0.15, -0.1) is 0 Å². The number of rotatable bonds is 3. The maximum atomic E-state index is 9.42. The average Bonchev–Trinajstić information content (AvgIpc) is 2.57. The first-order chi connectivity index (χ1) is 10.8. The van der Waals surface area contributed by atoms with Gasteiger partial charge in [-0.25, -0.2) is 0 Å². The highest BCUT2D eigenvalue weighted by molar-refractivity contribution is 5.45. The van der Waals surface area contributed by atoms with Crippen molar-refractivity contribution in [3.8, 4) is 5.75 Å². The van der Waals surface area contributed by atoms with Crippen molar-refractivity contribution in [2.75, 3.05) is 26.8 Å². The number of hydrogen-bond acceptors (Lipinski definition) is 3. The number of piperidine rings is 1. The van der Waals surface area contributed by atoms with Crippen LogP contribution in [0.5, 0.6) is 5.75 Å². The smallest absolute Gasteiger partial charge is 0.119 e. The molecule has 1 heterocycles. The number of fused-ring (bicyclic) bond motifs is 1. The van der Waals surface area contributed by atoms with Gasteiger partial charge in [0.05, 0.1) is 13.7 Å². The third-order valence-electron chi connectivity index (χ3n) is 6.55. The van der Waals surface area contributed by atoms with E-state index in [4.69, 9.17) is 4.74 Å². The Morgan fingerprint density at radius 2 is 2.23 bits per heavy atom. The van der Waals surface area contributed by atoms with E-state index in [1.54, 1.807) is 12.7 Å². The highest BCUT2D eigenvalue weighted by Gasteiger charge is 2.53. The van der Waals surface area contributed by atoms with Crippen LogP contribution in [0.25, 0.3) is 0 Å². The van der Waals surface area contributed by atoms with E-state index in [1.165, 1.54) is 37.7 Å². The molecule has 0 aromatic heterocycles. The zero-order chi connectivity index (χ0) is 15.2. The molecule has 1 aliphatic heterocycles. The molecule has 2 bridgehead atoms. The van der Waals surface area contributed by atoms with Crippen LogP contribution in [0, 0.1) is 5.92 Å². The Kier molecular flexibility index (Phi) is 3.66. The molecule has 0 spiro atoms. The molecule has 2 aliphatic carbocycles. The second-order valence-electron chi connectivity index (χ2n) is 7.31. The number of aliphatic hydroxyl groups is 1. The number of β-amino-alcohol motifs (C(OH)–C–C–N with tert-alkyl or cyclic N) is 1. The minimum absolute atomic E-state index is 0.283. The van der Waals surface area contributed by atoms with Crippen molar-refractivity contribution in [1.29, 1.82) is 0 Å². The summed E-state index contributed by atoms with van der Waals surface area (Å²) in [6.45, 7) is 2.26. The number of methoxy groups -OCH3 is 1. The normalized spacial score (nSPS) is 33.9. The van der Waals surface area contributed by atoms with Gasteiger partial charge in [-0.2, -0.15) is 0 Å². The Labute approximate surface area is 133 Å². The Bertz CT molecular complexity index is 558. The molecule has 4 rings (SSSR count). The summed E-state index contributed by atoms with van der Waals surface area (Å²) in [5.74, 6) is 1.77. The van der Waals surface area contributed by atoms with Crippen LogP contribution in [0.3, 0.4) is 0 Å². The molecular formula is C19H27NO2. The average molecular weight is 301 g/mol. The Balaban J connectivity index is 1.80. The van der Waals surface area contributed by atoms with Gasteiger partial charge >= 0.3 is 0 Å². The number of hydrogen-bond donors (Lipinski definition) is 1. The third-order valence-corrected chi connectivity index (χ3v) is 6.55. The van der Waals surface area contributed by atoms with Crippen LogP contribution in [0.1, 0.15) is 43.2 Å². The first kappa shape index (κ1) is 14.5. The first-order valence-electron chi connectivity index (χ1n) is 8.81. The SMILES string of the molecule is COc1ccc2c(c1)[C@]13CCCC[C@@H]1[C@H](C2)N(CCO)CC3. The van der Waals surface area contributed by atoms with Gasteiger partial charge in [-0.3, -0.25) is 4.90 Å². The standard InChI is InChI=1S/C19H27NO2/c1-22-15-6-5-14-12-18-16-4-2-3-7-19(16,17(14)13-15)8-9-20(18)10-11-21/h5-6,13,16,18,21H,2-4,7-12H2,1H3/t16-,18+,19+/m1/s1. The largest absolute Gasteiger partial charge is 0.497 e. The summed E-state index contributed by atoms with van der Waals surface area (Å²) >= 11 is 0. The lowest BCUT2D eigenvalue weighted by Crippen LogP contribution is -2.61. The van der Waals surface area contributed by atoms with Gasteiger partial charge in [0.25, 0.3) is 0 Å². The van der Waals surface area contributed by atoms with Gasteiger partial charge in [0.2, 0.25) is 0 Å². The summed E-state index contributed by atoms with van der Waals surface area (Å²) in [7, 11) is 1.77. The fraction of sp³-hybridized carbons (Fsp3) is 0.684. The number of benzene rings is 1. The maximum Gasteiger partial charge on any atom is 0.119 e. The Morgan fingerprint density at radius 1 is 1.32 bits per heavy atom. The number of ether oxygens (including phenoxy) is 1. The third kappa shape index (κ3) is 2.02. The highest BCUT2D eigenvalue weighted by atomic mass is 16.5. The van der Waals surface area contributed by atoms with Crippen LogP contribution in [-0.2, 0) is 11.8 Å². The molecule has 1 aromatic rings. The summed E-state index contributed by atoms with van der Waals surface area (Å²) in [4.78, 5) is 2.56. The van der Waals surface area contributed by atoms with E-state index in [0.717, 1.165) is 31.2 Å². The molecule has 1 aromatic carbocycles. The lowest BCUT2D eigenvalue weighted by Gasteiger charge is -2.59. The van der Waals surface area contributed by atoms with Gasteiger partial charge in [0.15, 0.2) is 0 Å². The summed E-state index contributed by atoms with van der Waals surface area (Å²) in [6, 6.07) is 7.36. The maximum absolute atomic E-state index is 9.42. The molecule has 1 saturated carbocycles. The molecule has 3 nitrogen and oxygen atoms in total. The second kappa shape index (κ2) is 5.54. The Hall–Kier alpha value is -1.06. The lowest BCUT2D eigenvalue weighted by molar-refractivity contribution is -0.0176. The van der Waals surface area contributed by atoms with Crippen LogP contribution in [0.4, 0.5) is 0 Å². The van der Waals surface area contributed by atoms with Crippen LogP contribution >= 0.6 is 0 Å². The van der Waals surface area contributed by atoms with E-state index in [0.29, 0.717) is 11.5 Å². The molecule has 0 radical (unpaired) electrons. The highest BCUT2D eigenvalue weighted by Crippen LogP contribution is 2.56. The lowest BCUT2D eigenvalue weighted by atomic mass is 9.52. The molecule has 120 valence electrons. The predicted molar refractivity (Wildman–Crippen MR) is 87.4 cm³/mol. The molecule has 22 heavy (non-hydrogen) atoms. The summed E-state index contributed by atoms with van der Waals surface area (Å²) in [5.41, 5.74) is 3.47. The summed E-state index contributed by atoms with van der Waals surface area (Å²) in [6.07, 6.45) is 7.81. The minimum atomic E-state index is 0.283. The Morgan fingerprint density at radius 3 is 3.05 bits per heavy atom. The summed E-state index contributed by atoms with van der Waals surface area (Å²) in [5, 5.41) is 9.42. The van der Waals surface area contributed by atoms with E-state index in [-0.39, 0.29) is 6.61 Å². The summed E-state index contributed by atoms with van der Waals surface area (Å²) < 4.78 is 5.51. The van der Waals surface area contributed by atoms with Crippen LogP contribution in [0.2, 0.25) is 0 Å². The minimum Gasteiger partial charge on any atom is -0.497 e. The fourth-order valence-electron chi connectivity index (χ4n) is 5.60. The van der Waals surface area contributed by atoms with E-state index in [1.807, 2.05) is 0 Å². The van der Waals surface area contributed by atoms with Crippen molar-refractivity contribution in [3.05, 3.63) is 29.3 Å². The van der Waals surface area contributed by atoms with Crippen LogP contribution in [-0.4, -0.2) is 42.9 Å². The van der Waals surface area contributed by atoms with E-state index < -0.39 is 0 Å². The molecule has 2 fully saturated rings. The van der Waals surface area contributed by atoms with Gasteiger partial charge in [0.1, 0.15) is 5.75 Å². The van der Waals surface area contributed by atoms with Gasteiger partial charge in [-0.1, -0.05) is 18.9 Å². The van der Waals surface area contributed by atoms with Gasteiger partial charge in [0, 0.05) is 18.0 Å². The van der Waals surface area contributed by atoms with E-state index >= 15 is 0 Å². The van der Waals surface area contributed by atoms with Crippen molar-refractivity contribution >= 4 is 0 Å². The van der Waals surface area contributed by atoms with Crippen molar-refractivity contribution in [3.63, 3.8) is 0 Å². The van der Waals surface area contributed by atoms with Gasteiger partial charge < -0.3 is 9.84 Å². The monoisotopic (exact) mass is 301 g/mol. The van der Waals surface area contributed by atoms with Crippen LogP contribution in [0.15, 0.2) is 18.2 Å². The zero-order valence-corrected chi connectivity index (χ0v) is 13.6. The molecule has 3 aliphatic rings. The molecule has 1 N–H and O–H groups in total. The van der Waals surface area contributed by atoms with E-state index in [9.17, 15) is 5.11 Å². The van der Waals surface area contributed by atoms with Gasteiger partial charge in [-0.05, 0) is 61.4 Å². The molecule has 1 saturated heterocycles. The van der Waals surface area contributed by atoms with Crippen LogP contribution < -0.4 is 4.74 Å². The fourth-order valence-corrected chi connectivity index (χ4v) is 5.60.